The van der Waals surface area contributed by atoms with Crippen LogP contribution in [0, 0.1) is 10.1 Å². The molecule has 0 atom stereocenters. The fourth-order valence-electron chi connectivity index (χ4n) is 4.12. The zero-order chi connectivity index (χ0) is 25.7. The summed E-state index contributed by atoms with van der Waals surface area (Å²) in [6, 6.07) is 15.9. The van der Waals surface area contributed by atoms with Gasteiger partial charge >= 0.3 is 0 Å². The first-order valence-corrected chi connectivity index (χ1v) is 11.8. The van der Waals surface area contributed by atoms with Gasteiger partial charge in [0.1, 0.15) is 11.4 Å². The van der Waals surface area contributed by atoms with E-state index in [1.54, 1.807) is 54.6 Å². The predicted molar refractivity (Wildman–Crippen MR) is 140 cm³/mol. The highest BCUT2D eigenvalue weighted by Crippen LogP contribution is 2.33. The number of rotatable bonds is 7. The lowest BCUT2D eigenvalue weighted by molar-refractivity contribution is -0.384. The molecule has 1 saturated heterocycles. The highest BCUT2D eigenvalue weighted by Gasteiger charge is 2.23. The molecule has 1 aliphatic heterocycles. The monoisotopic (exact) mass is 508 g/mol. The molecular formula is C26H25ClN4O5. The second kappa shape index (κ2) is 11.1. The fraction of sp³-hybridized carbons (Fsp3) is 0.231. The summed E-state index contributed by atoms with van der Waals surface area (Å²) >= 11 is 6.10. The van der Waals surface area contributed by atoms with E-state index in [0.717, 1.165) is 32.4 Å². The molecule has 0 aromatic heterocycles. The van der Waals surface area contributed by atoms with Crippen molar-refractivity contribution in [3.8, 4) is 5.75 Å². The van der Waals surface area contributed by atoms with Gasteiger partial charge in [0.15, 0.2) is 0 Å². The molecule has 10 heteroatoms. The highest BCUT2D eigenvalue weighted by atomic mass is 35.5. The van der Waals surface area contributed by atoms with Gasteiger partial charge in [-0.25, -0.2) is 0 Å². The quantitative estimate of drug-likeness (QED) is 0.310. The van der Waals surface area contributed by atoms with Gasteiger partial charge in [-0.3, -0.25) is 19.7 Å². The number of anilines is 3. The number of piperidine rings is 1. The second-order valence-electron chi connectivity index (χ2n) is 8.31. The predicted octanol–water partition coefficient (Wildman–Crippen LogP) is 5.75. The third-order valence-corrected chi connectivity index (χ3v) is 6.29. The Morgan fingerprint density at radius 3 is 2.42 bits per heavy atom. The van der Waals surface area contributed by atoms with Gasteiger partial charge in [0.2, 0.25) is 0 Å². The first-order valence-electron chi connectivity index (χ1n) is 11.5. The van der Waals surface area contributed by atoms with Gasteiger partial charge in [-0.05, 0) is 55.7 Å². The van der Waals surface area contributed by atoms with E-state index in [9.17, 15) is 19.7 Å². The molecule has 0 spiro atoms. The number of nitrogens with zero attached hydrogens (tertiary/aromatic N) is 2. The molecule has 0 unspecified atom stereocenters. The minimum atomic E-state index is -0.502. The number of nitro groups is 1. The zero-order valence-corrected chi connectivity index (χ0v) is 20.4. The average molecular weight is 509 g/mol. The summed E-state index contributed by atoms with van der Waals surface area (Å²) < 4.78 is 5.38. The smallest absolute Gasteiger partial charge is 0.293 e. The molecule has 1 aliphatic rings. The van der Waals surface area contributed by atoms with E-state index in [1.165, 1.54) is 13.2 Å². The summed E-state index contributed by atoms with van der Waals surface area (Å²) in [5.74, 6) is -0.588. The van der Waals surface area contributed by atoms with Gasteiger partial charge in [0.05, 0.1) is 28.3 Å². The molecule has 1 heterocycles. The second-order valence-corrected chi connectivity index (χ2v) is 8.72. The standard InChI is InChI=1S/C26H25ClN4O5/c1-36-24-16-18(10-11-21(24)29-26(33)19-7-3-4-8-20(19)27)28-25(32)17-9-12-22(23(15-17)31(34)35)30-13-5-2-6-14-30/h3-4,7-12,15-16H,2,5-6,13-14H2,1H3,(H,28,32)(H,29,33). The molecule has 186 valence electrons. The molecule has 2 N–H and O–H groups in total. The molecule has 0 radical (unpaired) electrons. The Balaban J connectivity index is 1.51. The van der Waals surface area contributed by atoms with E-state index in [-0.39, 0.29) is 11.3 Å². The van der Waals surface area contributed by atoms with Gasteiger partial charge in [0, 0.05) is 36.5 Å². The molecule has 3 aromatic rings. The summed E-state index contributed by atoms with van der Waals surface area (Å²) in [5.41, 5.74) is 1.69. The topological polar surface area (TPSA) is 114 Å². The number of hydrogen-bond acceptors (Lipinski definition) is 6. The molecule has 1 fully saturated rings. The summed E-state index contributed by atoms with van der Waals surface area (Å²) in [5, 5.41) is 17.5. The van der Waals surface area contributed by atoms with Crippen molar-refractivity contribution in [1.82, 2.24) is 0 Å². The molecule has 0 saturated carbocycles. The molecule has 36 heavy (non-hydrogen) atoms. The van der Waals surface area contributed by atoms with E-state index in [4.69, 9.17) is 16.3 Å². The maximum Gasteiger partial charge on any atom is 0.293 e. The van der Waals surface area contributed by atoms with Crippen LogP contribution in [0.5, 0.6) is 5.75 Å². The van der Waals surface area contributed by atoms with Crippen molar-refractivity contribution in [2.45, 2.75) is 19.3 Å². The van der Waals surface area contributed by atoms with Gasteiger partial charge in [-0.2, -0.15) is 0 Å². The summed E-state index contributed by atoms with van der Waals surface area (Å²) in [4.78, 5) is 38.7. The minimum absolute atomic E-state index is 0.0974. The van der Waals surface area contributed by atoms with Crippen LogP contribution in [0.1, 0.15) is 40.0 Å². The van der Waals surface area contributed by atoms with Crippen LogP contribution in [0.25, 0.3) is 0 Å². The molecule has 3 aromatic carbocycles. The lowest BCUT2D eigenvalue weighted by atomic mass is 10.1. The van der Waals surface area contributed by atoms with Gasteiger partial charge in [-0.1, -0.05) is 23.7 Å². The van der Waals surface area contributed by atoms with Crippen molar-refractivity contribution < 1.29 is 19.2 Å². The van der Waals surface area contributed by atoms with Crippen molar-refractivity contribution in [3.05, 3.63) is 86.9 Å². The normalized spacial score (nSPS) is 13.1. The lowest BCUT2D eigenvalue weighted by Gasteiger charge is -2.28. The van der Waals surface area contributed by atoms with Crippen LogP contribution < -0.4 is 20.3 Å². The number of hydrogen-bond donors (Lipinski definition) is 2. The number of methoxy groups -OCH3 is 1. The SMILES string of the molecule is COc1cc(NC(=O)c2ccc(N3CCCCC3)c([N+](=O)[O-])c2)ccc1NC(=O)c1ccccc1Cl. The van der Waals surface area contributed by atoms with Crippen molar-refractivity contribution in [3.63, 3.8) is 0 Å². The first-order chi connectivity index (χ1) is 17.4. The van der Waals surface area contributed by atoms with Crippen LogP contribution >= 0.6 is 11.6 Å². The number of amides is 2. The number of nitrogens with one attached hydrogen (secondary N) is 2. The Hall–Kier alpha value is -4.11. The van der Waals surface area contributed by atoms with E-state index >= 15 is 0 Å². The van der Waals surface area contributed by atoms with Gasteiger partial charge in [-0.15, -0.1) is 0 Å². The van der Waals surface area contributed by atoms with Crippen LogP contribution in [0.4, 0.5) is 22.7 Å². The maximum absolute atomic E-state index is 12.9. The lowest BCUT2D eigenvalue weighted by Crippen LogP contribution is -2.30. The summed E-state index contributed by atoms with van der Waals surface area (Å²) in [6.45, 7) is 1.51. The van der Waals surface area contributed by atoms with Crippen molar-refractivity contribution >= 4 is 46.2 Å². The Labute approximate surface area is 213 Å². The molecule has 2 amide bonds. The molecule has 9 nitrogen and oxygen atoms in total. The summed E-state index contributed by atoms with van der Waals surface area (Å²) in [7, 11) is 1.44. The maximum atomic E-state index is 12.9. The molecule has 0 bridgehead atoms. The van der Waals surface area contributed by atoms with Crippen LogP contribution in [-0.4, -0.2) is 36.9 Å². The Morgan fingerprint density at radius 2 is 1.72 bits per heavy atom. The number of benzene rings is 3. The third-order valence-electron chi connectivity index (χ3n) is 5.96. The largest absolute Gasteiger partial charge is 0.494 e. The van der Waals surface area contributed by atoms with Crippen LogP contribution in [-0.2, 0) is 0 Å². The molecule has 4 rings (SSSR count). The number of carbonyl (C=O) groups excluding carboxylic acids is 2. The van der Waals surface area contributed by atoms with Crippen molar-refractivity contribution in [2.24, 2.45) is 0 Å². The zero-order valence-electron chi connectivity index (χ0n) is 19.6. The van der Waals surface area contributed by atoms with E-state index in [2.05, 4.69) is 10.6 Å². The van der Waals surface area contributed by atoms with Crippen LogP contribution in [0.15, 0.2) is 60.7 Å². The fourth-order valence-corrected chi connectivity index (χ4v) is 4.35. The Morgan fingerprint density at radius 1 is 0.972 bits per heavy atom. The first kappa shape index (κ1) is 25.0. The number of carbonyl (C=O) groups is 2. The average Bonchev–Trinajstić information content (AvgIpc) is 2.89. The third kappa shape index (κ3) is 5.58. The number of ether oxygens (including phenoxy) is 1. The van der Waals surface area contributed by atoms with E-state index in [1.807, 2.05) is 4.90 Å². The van der Waals surface area contributed by atoms with Crippen molar-refractivity contribution in [1.29, 1.82) is 0 Å². The van der Waals surface area contributed by atoms with Crippen LogP contribution in [0.3, 0.4) is 0 Å². The van der Waals surface area contributed by atoms with E-state index in [0.29, 0.717) is 33.4 Å². The van der Waals surface area contributed by atoms with E-state index < -0.39 is 16.7 Å². The number of nitro benzene ring substituents is 1. The summed E-state index contributed by atoms with van der Waals surface area (Å²) in [6.07, 6.45) is 3.07. The molecular weight excluding hydrogens is 484 g/mol. The Kier molecular flexibility index (Phi) is 7.70. The van der Waals surface area contributed by atoms with Crippen molar-refractivity contribution in [2.75, 3.05) is 35.7 Å². The van der Waals surface area contributed by atoms with Gasteiger partial charge in [0.25, 0.3) is 17.5 Å². The van der Waals surface area contributed by atoms with Crippen LogP contribution in [0.2, 0.25) is 5.02 Å². The minimum Gasteiger partial charge on any atom is -0.494 e. The van der Waals surface area contributed by atoms with Gasteiger partial charge < -0.3 is 20.3 Å². The molecule has 0 aliphatic carbocycles. The number of halogens is 1. The highest BCUT2D eigenvalue weighted by molar-refractivity contribution is 6.34. The Bertz CT molecular complexity index is 1310.